The zero-order valence-corrected chi connectivity index (χ0v) is 21.6. The van der Waals surface area contributed by atoms with Crippen LogP contribution >= 0.6 is 24.0 Å². The number of likely N-dealkylation sites (N-methyl/N-ethyl adjacent to an activating group) is 1. The maximum atomic E-state index is 5.52. The minimum Gasteiger partial charge on any atom is -0.496 e. The van der Waals surface area contributed by atoms with E-state index in [1.807, 2.05) is 12.1 Å². The van der Waals surface area contributed by atoms with Gasteiger partial charge in [0.15, 0.2) is 5.96 Å². The first-order valence-electron chi connectivity index (χ1n) is 10.1. The van der Waals surface area contributed by atoms with E-state index in [2.05, 4.69) is 34.5 Å². The van der Waals surface area contributed by atoms with Crippen molar-refractivity contribution < 1.29 is 18.9 Å². The van der Waals surface area contributed by atoms with Gasteiger partial charge in [-0.3, -0.25) is 4.99 Å². The van der Waals surface area contributed by atoms with Crippen LogP contribution in [0.25, 0.3) is 0 Å². The maximum Gasteiger partial charge on any atom is 0.191 e. The molecule has 0 aliphatic heterocycles. The highest BCUT2D eigenvalue weighted by atomic mass is 127. The van der Waals surface area contributed by atoms with Gasteiger partial charge in [-0.05, 0) is 26.8 Å². The van der Waals surface area contributed by atoms with E-state index in [0.29, 0.717) is 12.3 Å². The van der Waals surface area contributed by atoms with Gasteiger partial charge in [-0.2, -0.15) is 0 Å². The first-order chi connectivity index (χ1) is 14.1. The van der Waals surface area contributed by atoms with Crippen LogP contribution in [-0.4, -0.2) is 85.7 Å². The smallest absolute Gasteiger partial charge is 0.191 e. The van der Waals surface area contributed by atoms with E-state index >= 15 is 0 Å². The number of rotatable bonds is 14. The molecule has 1 rings (SSSR count). The third kappa shape index (κ3) is 10.5. The summed E-state index contributed by atoms with van der Waals surface area (Å²) in [4.78, 5) is 6.93. The largest absolute Gasteiger partial charge is 0.496 e. The van der Waals surface area contributed by atoms with Gasteiger partial charge in [-0.15, -0.1) is 24.0 Å². The molecule has 0 bridgehead atoms. The molecule has 30 heavy (non-hydrogen) atoms. The molecule has 0 heterocycles. The van der Waals surface area contributed by atoms with Crippen LogP contribution in [0, 0.1) is 0 Å². The Bertz CT molecular complexity index is 592. The summed E-state index contributed by atoms with van der Waals surface area (Å²) in [7, 11) is 8.77. The molecule has 0 aromatic heterocycles. The summed E-state index contributed by atoms with van der Waals surface area (Å²) in [5.41, 5.74) is 0.997. The molecular weight excluding hydrogens is 499 g/mol. The van der Waals surface area contributed by atoms with Crippen LogP contribution in [0.3, 0.4) is 0 Å². The molecule has 0 aliphatic carbocycles. The Morgan fingerprint density at radius 2 is 1.67 bits per heavy atom. The minimum absolute atomic E-state index is 0. The number of guanidine groups is 1. The Balaban J connectivity index is 0.00000841. The molecular formula is C21H39IN4O4. The standard InChI is InChI=1S/C21H38N4O4.HI/c1-7-22-21(24-11-13-25(2)12-8-14-26-3)23-10-9-18-19(28-5)15-17(27-4)16-20(18)29-6;/h15-16H,7-14H2,1-6H3,(H2,22,23,24);1H. The van der Waals surface area contributed by atoms with Crippen LogP contribution in [0.4, 0.5) is 0 Å². The van der Waals surface area contributed by atoms with Crippen molar-refractivity contribution in [3.05, 3.63) is 17.7 Å². The van der Waals surface area contributed by atoms with Gasteiger partial charge in [0, 0.05) is 57.6 Å². The Hall–Kier alpha value is -1.46. The molecule has 1 aromatic carbocycles. The lowest BCUT2D eigenvalue weighted by atomic mass is 10.1. The Kier molecular flexibility index (Phi) is 16.4. The summed E-state index contributed by atoms with van der Waals surface area (Å²) in [5, 5.41) is 6.67. The van der Waals surface area contributed by atoms with E-state index < -0.39 is 0 Å². The summed E-state index contributed by atoms with van der Waals surface area (Å²) in [6, 6.07) is 3.74. The van der Waals surface area contributed by atoms with Gasteiger partial charge in [0.1, 0.15) is 17.2 Å². The van der Waals surface area contributed by atoms with Gasteiger partial charge in [0.25, 0.3) is 0 Å². The monoisotopic (exact) mass is 538 g/mol. The fourth-order valence-corrected chi connectivity index (χ4v) is 2.90. The van der Waals surface area contributed by atoms with Crippen molar-refractivity contribution in [3.63, 3.8) is 0 Å². The second-order valence-electron chi connectivity index (χ2n) is 6.60. The van der Waals surface area contributed by atoms with Gasteiger partial charge < -0.3 is 34.5 Å². The van der Waals surface area contributed by atoms with Gasteiger partial charge >= 0.3 is 0 Å². The molecule has 0 amide bonds. The second kappa shape index (κ2) is 17.2. The van der Waals surface area contributed by atoms with Crippen molar-refractivity contribution in [3.8, 4) is 17.2 Å². The van der Waals surface area contributed by atoms with Crippen LogP contribution in [0.15, 0.2) is 17.1 Å². The third-order valence-electron chi connectivity index (χ3n) is 4.47. The Labute approximate surface area is 198 Å². The van der Waals surface area contributed by atoms with Crippen molar-refractivity contribution in [2.75, 3.05) is 74.8 Å². The third-order valence-corrected chi connectivity index (χ3v) is 4.47. The Morgan fingerprint density at radius 3 is 2.20 bits per heavy atom. The van der Waals surface area contributed by atoms with Crippen molar-refractivity contribution in [1.29, 1.82) is 0 Å². The normalized spacial score (nSPS) is 11.1. The lowest BCUT2D eigenvalue weighted by molar-refractivity contribution is 0.180. The molecule has 9 heteroatoms. The quantitative estimate of drug-likeness (QED) is 0.163. The average molecular weight is 538 g/mol. The van der Waals surface area contributed by atoms with Gasteiger partial charge in [0.2, 0.25) is 0 Å². The van der Waals surface area contributed by atoms with Crippen molar-refractivity contribution in [2.24, 2.45) is 4.99 Å². The SMILES string of the molecule is CCNC(=NCCN(C)CCCOC)NCCc1c(OC)cc(OC)cc1OC.I. The van der Waals surface area contributed by atoms with Crippen molar-refractivity contribution in [1.82, 2.24) is 15.5 Å². The van der Waals surface area contributed by atoms with E-state index in [9.17, 15) is 0 Å². The highest BCUT2D eigenvalue weighted by molar-refractivity contribution is 14.0. The summed E-state index contributed by atoms with van der Waals surface area (Å²) in [6.07, 6.45) is 1.76. The molecule has 0 aliphatic rings. The lowest BCUT2D eigenvalue weighted by Crippen LogP contribution is -2.39. The molecule has 2 N–H and O–H groups in total. The van der Waals surface area contributed by atoms with E-state index in [-0.39, 0.29) is 24.0 Å². The van der Waals surface area contributed by atoms with Gasteiger partial charge in [-0.1, -0.05) is 0 Å². The summed E-state index contributed by atoms with van der Waals surface area (Å²) < 4.78 is 21.4. The summed E-state index contributed by atoms with van der Waals surface area (Å²) in [6.45, 7) is 7.00. The first-order valence-corrected chi connectivity index (χ1v) is 10.1. The molecule has 0 radical (unpaired) electrons. The van der Waals surface area contributed by atoms with Crippen LogP contribution in [0.5, 0.6) is 17.2 Å². The number of hydrogen-bond donors (Lipinski definition) is 2. The number of ether oxygens (including phenoxy) is 4. The number of halogens is 1. The van der Waals surface area contributed by atoms with Crippen LogP contribution in [0.2, 0.25) is 0 Å². The summed E-state index contributed by atoms with van der Waals surface area (Å²) >= 11 is 0. The Morgan fingerprint density at radius 1 is 1.00 bits per heavy atom. The lowest BCUT2D eigenvalue weighted by Gasteiger charge is -2.17. The van der Waals surface area contributed by atoms with Gasteiger partial charge in [0.05, 0.1) is 27.9 Å². The molecule has 174 valence electrons. The number of nitrogens with zero attached hydrogens (tertiary/aromatic N) is 2. The second-order valence-corrected chi connectivity index (χ2v) is 6.60. The van der Waals surface area contributed by atoms with Crippen LogP contribution < -0.4 is 24.8 Å². The van der Waals surface area contributed by atoms with Crippen LogP contribution in [0.1, 0.15) is 18.9 Å². The van der Waals surface area contributed by atoms with Crippen LogP contribution in [-0.2, 0) is 11.2 Å². The number of methoxy groups -OCH3 is 4. The van der Waals surface area contributed by atoms with Gasteiger partial charge in [-0.25, -0.2) is 0 Å². The number of aliphatic imine (C=N–C) groups is 1. The first kappa shape index (κ1) is 28.5. The molecule has 0 saturated carbocycles. The maximum absolute atomic E-state index is 5.52. The van der Waals surface area contributed by atoms with E-state index in [1.54, 1.807) is 28.4 Å². The minimum atomic E-state index is 0. The molecule has 0 spiro atoms. The highest BCUT2D eigenvalue weighted by Crippen LogP contribution is 2.34. The summed E-state index contributed by atoms with van der Waals surface area (Å²) in [5.74, 6) is 3.02. The molecule has 0 saturated heterocycles. The van der Waals surface area contributed by atoms with Crippen molar-refractivity contribution >= 4 is 29.9 Å². The number of benzene rings is 1. The van der Waals surface area contributed by atoms with E-state index in [0.717, 1.165) is 68.6 Å². The predicted octanol–water partition coefficient (Wildman–Crippen LogP) is 2.40. The molecule has 1 aromatic rings. The number of nitrogens with one attached hydrogen (secondary N) is 2. The average Bonchev–Trinajstić information content (AvgIpc) is 2.73. The zero-order valence-electron chi connectivity index (χ0n) is 19.2. The predicted molar refractivity (Wildman–Crippen MR) is 133 cm³/mol. The molecule has 0 unspecified atom stereocenters. The van der Waals surface area contributed by atoms with E-state index in [4.69, 9.17) is 18.9 Å². The number of hydrogen-bond acceptors (Lipinski definition) is 6. The topological polar surface area (TPSA) is 76.6 Å². The fraction of sp³-hybridized carbons (Fsp3) is 0.667. The van der Waals surface area contributed by atoms with Crippen molar-refractivity contribution in [2.45, 2.75) is 19.8 Å². The molecule has 0 fully saturated rings. The van der Waals surface area contributed by atoms with E-state index in [1.165, 1.54) is 0 Å². The molecule has 0 atom stereocenters. The fourth-order valence-electron chi connectivity index (χ4n) is 2.90. The zero-order chi connectivity index (χ0) is 21.5. The molecule has 8 nitrogen and oxygen atoms in total. The highest BCUT2D eigenvalue weighted by Gasteiger charge is 2.13.